The van der Waals surface area contributed by atoms with E-state index >= 15 is 0 Å². The summed E-state index contributed by atoms with van der Waals surface area (Å²) in [6.45, 7) is 7.99. The minimum Gasteiger partial charge on any atom is -0.507 e. The van der Waals surface area contributed by atoms with E-state index < -0.39 is 0 Å². The van der Waals surface area contributed by atoms with Crippen LogP contribution in [0.3, 0.4) is 0 Å². The van der Waals surface area contributed by atoms with Crippen LogP contribution in [0.15, 0.2) is 36.4 Å². The van der Waals surface area contributed by atoms with Gasteiger partial charge in [-0.05, 0) is 68.0 Å². The summed E-state index contributed by atoms with van der Waals surface area (Å²) in [6.07, 6.45) is 5.24. The Morgan fingerprint density at radius 2 is 2.08 bits per heavy atom. The van der Waals surface area contributed by atoms with Crippen LogP contribution in [0.5, 0.6) is 11.5 Å². The van der Waals surface area contributed by atoms with Crippen molar-refractivity contribution in [2.24, 2.45) is 0 Å². The van der Waals surface area contributed by atoms with Gasteiger partial charge in [0.2, 0.25) is 0 Å². The van der Waals surface area contributed by atoms with E-state index in [2.05, 4.69) is 17.1 Å². The zero-order chi connectivity index (χ0) is 25.2. The number of phenolic OH excluding ortho intramolecular Hbond substituents is 1. The summed E-state index contributed by atoms with van der Waals surface area (Å²) in [4.78, 5) is 15.6. The molecular weight excluding hydrogens is 454 g/mol. The Hall–Kier alpha value is -3.32. The zero-order valence-corrected chi connectivity index (χ0v) is 21.3. The molecule has 7 heteroatoms. The smallest absolute Gasteiger partial charge is 0.273 e. The molecule has 36 heavy (non-hydrogen) atoms. The molecule has 1 saturated heterocycles. The SMILES string of the molecule is CCCCCOc1cccc(C2c3c(-c4c(C)cc(C)cc4O)n[nH]c3C(=O)N2CC2CCCO2)c1. The highest BCUT2D eigenvalue weighted by Crippen LogP contribution is 2.46. The number of aromatic amines is 1. The predicted molar refractivity (Wildman–Crippen MR) is 138 cm³/mol. The average Bonchev–Trinajstić information content (AvgIpc) is 3.57. The Bertz CT molecular complexity index is 1220. The number of hydrogen-bond donors (Lipinski definition) is 2. The molecule has 2 atom stereocenters. The first-order chi connectivity index (χ1) is 17.5. The molecule has 1 aromatic heterocycles. The third kappa shape index (κ3) is 4.60. The number of phenols is 1. The van der Waals surface area contributed by atoms with Gasteiger partial charge in [-0.2, -0.15) is 5.10 Å². The number of H-pyrrole nitrogens is 1. The van der Waals surface area contributed by atoms with E-state index in [4.69, 9.17) is 9.47 Å². The quantitative estimate of drug-likeness (QED) is 0.377. The molecule has 0 radical (unpaired) electrons. The lowest BCUT2D eigenvalue weighted by atomic mass is 9.93. The van der Waals surface area contributed by atoms with Crippen LogP contribution in [-0.4, -0.2) is 52.0 Å². The lowest BCUT2D eigenvalue weighted by molar-refractivity contribution is 0.0495. The molecule has 2 aliphatic heterocycles. The lowest BCUT2D eigenvalue weighted by Gasteiger charge is -2.29. The van der Waals surface area contributed by atoms with Crippen molar-refractivity contribution in [2.45, 2.75) is 65.0 Å². The Morgan fingerprint density at radius 3 is 2.83 bits per heavy atom. The third-order valence-corrected chi connectivity index (χ3v) is 7.17. The maximum Gasteiger partial charge on any atom is 0.273 e. The fourth-order valence-corrected chi connectivity index (χ4v) is 5.50. The number of nitrogens with one attached hydrogen (secondary N) is 1. The first-order valence-corrected chi connectivity index (χ1v) is 13.0. The van der Waals surface area contributed by atoms with Crippen LogP contribution in [0.2, 0.25) is 0 Å². The number of hydrogen-bond acceptors (Lipinski definition) is 5. The molecule has 5 rings (SSSR count). The molecule has 0 aliphatic carbocycles. The predicted octanol–water partition coefficient (Wildman–Crippen LogP) is 5.69. The topological polar surface area (TPSA) is 87.7 Å². The van der Waals surface area contributed by atoms with Gasteiger partial charge in [0, 0.05) is 24.3 Å². The van der Waals surface area contributed by atoms with Gasteiger partial charge in [0.25, 0.3) is 5.91 Å². The van der Waals surface area contributed by atoms with Gasteiger partial charge in [0.15, 0.2) is 0 Å². The lowest BCUT2D eigenvalue weighted by Crippen LogP contribution is -2.36. The first-order valence-electron chi connectivity index (χ1n) is 13.0. The third-order valence-electron chi connectivity index (χ3n) is 7.17. The monoisotopic (exact) mass is 489 g/mol. The summed E-state index contributed by atoms with van der Waals surface area (Å²) >= 11 is 0. The van der Waals surface area contributed by atoms with Crippen LogP contribution in [-0.2, 0) is 4.74 Å². The summed E-state index contributed by atoms with van der Waals surface area (Å²) in [5.41, 5.74) is 5.38. The van der Waals surface area contributed by atoms with Crippen molar-refractivity contribution in [3.8, 4) is 22.8 Å². The molecule has 7 nitrogen and oxygen atoms in total. The molecule has 3 heterocycles. The van der Waals surface area contributed by atoms with Crippen molar-refractivity contribution >= 4 is 5.91 Å². The number of carbonyl (C=O) groups excluding carboxylic acids is 1. The van der Waals surface area contributed by atoms with E-state index in [1.54, 1.807) is 6.07 Å². The van der Waals surface area contributed by atoms with Gasteiger partial charge >= 0.3 is 0 Å². The average molecular weight is 490 g/mol. The van der Waals surface area contributed by atoms with E-state index in [1.807, 2.05) is 49.1 Å². The molecule has 2 unspecified atom stereocenters. The normalized spacial score (nSPS) is 19.2. The van der Waals surface area contributed by atoms with Gasteiger partial charge in [-0.25, -0.2) is 0 Å². The highest BCUT2D eigenvalue weighted by molar-refractivity contribution is 6.00. The molecule has 1 amide bonds. The number of unbranched alkanes of at least 4 members (excludes halogenated alkanes) is 2. The second kappa shape index (κ2) is 10.3. The molecule has 0 bridgehead atoms. The van der Waals surface area contributed by atoms with Gasteiger partial charge in [-0.3, -0.25) is 9.89 Å². The van der Waals surface area contributed by atoms with Gasteiger partial charge < -0.3 is 19.5 Å². The van der Waals surface area contributed by atoms with Crippen LogP contribution in [0, 0.1) is 13.8 Å². The molecular formula is C29H35N3O4. The molecule has 2 aliphatic rings. The number of rotatable bonds is 9. The summed E-state index contributed by atoms with van der Waals surface area (Å²) in [5, 5.41) is 18.4. The summed E-state index contributed by atoms with van der Waals surface area (Å²) < 4.78 is 12.0. The summed E-state index contributed by atoms with van der Waals surface area (Å²) in [6, 6.07) is 11.4. The molecule has 3 aromatic rings. The van der Waals surface area contributed by atoms with Crippen molar-refractivity contribution in [1.29, 1.82) is 0 Å². The van der Waals surface area contributed by atoms with Crippen LogP contribution < -0.4 is 4.74 Å². The Morgan fingerprint density at radius 1 is 1.22 bits per heavy atom. The highest BCUT2D eigenvalue weighted by Gasteiger charge is 2.44. The highest BCUT2D eigenvalue weighted by atomic mass is 16.5. The van der Waals surface area contributed by atoms with Crippen LogP contribution >= 0.6 is 0 Å². The van der Waals surface area contributed by atoms with Gasteiger partial charge in [0.1, 0.15) is 22.9 Å². The number of amides is 1. The number of aromatic nitrogens is 2. The van der Waals surface area contributed by atoms with Crippen molar-refractivity contribution in [3.05, 3.63) is 64.3 Å². The minimum absolute atomic E-state index is 0.0138. The largest absolute Gasteiger partial charge is 0.507 e. The number of benzene rings is 2. The van der Waals surface area contributed by atoms with E-state index in [9.17, 15) is 9.90 Å². The molecule has 2 aromatic carbocycles. The van der Waals surface area contributed by atoms with Crippen molar-refractivity contribution < 1.29 is 19.4 Å². The van der Waals surface area contributed by atoms with E-state index in [0.29, 0.717) is 30.1 Å². The fourth-order valence-electron chi connectivity index (χ4n) is 5.50. The van der Waals surface area contributed by atoms with Crippen LogP contribution in [0.4, 0.5) is 0 Å². The molecule has 190 valence electrons. The number of carbonyl (C=O) groups is 1. The van der Waals surface area contributed by atoms with Gasteiger partial charge in [-0.15, -0.1) is 0 Å². The Labute approximate surface area is 212 Å². The molecule has 0 spiro atoms. The number of aryl methyl sites for hydroxylation is 2. The maximum absolute atomic E-state index is 13.7. The molecule has 0 saturated carbocycles. The fraction of sp³-hybridized carbons (Fsp3) is 0.448. The molecule has 1 fully saturated rings. The van der Waals surface area contributed by atoms with E-state index in [0.717, 1.165) is 66.7 Å². The second-order valence-electron chi connectivity index (χ2n) is 9.96. The number of nitrogens with zero attached hydrogens (tertiary/aromatic N) is 2. The maximum atomic E-state index is 13.7. The van der Waals surface area contributed by atoms with Crippen molar-refractivity contribution in [1.82, 2.24) is 15.1 Å². The van der Waals surface area contributed by atoms with E-state index in [1.165, 1.54) is 0 Å². The van der Waals surface area contributed by atoms with Gasteiger partial charge in [-0.1, -0.05) is 38.0 Å². The zero-order valence-electron chi connectivity index (χ0n) is 21.3. The summed E-state index contributed by atoms with van der Waals surface area (Å²) in [7, 11) is 0. The number of fused-ring (bicyclic) bond motifs is 1. The van der Waals surface area contributed by atoms with E-state index in [-0.39, 0.29) is 23.8 Å². The minimum atomic E-state index is -0.357. The van der Waals surface area contributed by atoms with Crippen molar-refractivity contribution in [2.75, 3.05) is 19.8 Å². The Kier molecular flexibility index (Phi) is 7.01. The second-order valence-corrected chi connectivity index (χ2v) is 9.96. The molecule has 2 N–H and O–H groups in total. The van der Waals surface area contributed by atoms with Crippen molar-refractivity contribution in [3.63, 3.8) is 0 Å². The number of aromatic hydroxyl groups is 1. The Balaban J connectivity index is 1.57. The number of ether oxygens (including phenoxy) is 2. The van der Waals surface area contributed by atoms with Crippen LogP contribution in [0.25, 0.3) is 11.3 Å². The van der Waals surface area contributed by atoms with Crippen LogP contribution in [0.1, 0.15) is 77.8 Å². The standard InChI is InChI=1S/C29H35N3O4/c1-4-5-6-12-35-21-10-7-9-20(16-21)28-25-26(24-19(3)14-18(2)15-23(24)33)30-31-27(25)29(34)32(28)17-22-11-8-13-36-22/h7,9-10,14-16,22,28,33H,4-6,8,11-13,17H2,1-3H3,(H,30,31). The summed E-state index contributed by atoms with van der Waals surface area (Å²) in [5.74, 6) is 0.863. The first kappa shape index (κ1) is 24.4. The van der Waals surface area contributed by atoms with Gasteiger partial charge in [0.05, 0.1) is 18.8 Å².